The summed E-state index contributed by atoms with van der Waals surface area (Å²) >= 11 is 0.675. The Balaban J connectivity index is 2.05. The van der Waals surface area contributed by atoms with E-state index in [-0.39, 0.29) is 0 Å². The molecular weight excluding hydrogens is 414 g/mol. The van der Waals surface area contributed by atoms with Crippen LogP contribution in [0.1, 0.15) is 11.1 Å². The molecule has 3 heteroatoms. The summed E-state index contributed by atoms with van der Waals surface area (Å²) in [5, 5.41) is 0. The van der Waals surface area contributed by atoms with E-state index in [0.29, 0.717) is 43.1 Å². The molecule has 0 aliphatic heterocycles. The van der Waals surface area contributed by atoms with Crippen molar-refractivity contribution in [2.75, 3.05) is 13.2 Å². The fraction of sp³-hybridized carbons (Fsp3) is 0.200. The summed E-state index contributed by atoms with van der Waals surface area (Å²) < 4.78 is 9.90. The molecule has 0 atom stereocenters. The topological polar surface area (TPSA) is 9.23 Å². The summed E-state index contributed by atoms with van der Waals surface area (Å²) in [5.41, 5.74) is 2.62. The predicted molar refractivity (Wildman–Crippen MR) is 102 cm³/mol. The maximum atomic E-state index is 5.69. The zero-order valence-electron chi connectivity index (χ0n) is 13.6. The van der Waals surface area contributed by atoms with Crippen LogP contribution in [0.5, 0.6) is 0 Å². The second-order valence-corrected chi connectivity index (χ2v) is 9.73. The van der Waals surface area contributed by atoms with E-state index in [0.717, 1.165) is 0 Å². The Morgan fingerprint density at radius 2 is 1.52 bits per heavy atom. The molecule has 2 rings (SSSR count). The molecule has 0 unspecified atom stereocenters. The van der Waals surface area contributed by atoms with Crippen molar-refractivity contribution in [1.82, 2.24) is 0 Å². The first kappa shape index (κ1) is 18.3. The van der Waals surface area contributed by atoms with E-state index < -0.39 is 0 Å². The Bertz CT molecular complexity index is 642. The van der Waals surface area contributed by atoms with Gasteiger partial charge in [0.05, 0.1) is 0 Å². The zero-order chi connectivity index (χ0) is 16.5. The van der Waals surface area contributed by atoms with Crippen molar-refractivity contribution in [2.24, 2.45) is 0 Å². The van der Waals surface area contributed by atoms with E-state index in [4.69, 9.17) is 4.74 Å². The van der Waals surface area contributed by atoms with Gasteiger partial charge in [-0.1, -0.05) is 0 Å². The van der Waals surface area contributed by atoms with E-state index in [2.05, 4.69) is 73.9 Å². The van der Waals surface area contributed by atoms with Crippen molar-refractivity contribution in [1.29, 1.82) is 0 Å². The molecule has 0 fully saturated rings. The van der Waals surface area contributed by atoms with Gasteiger partial charge in [-0.15, -0.1) is 0 Å². The summed E-state index contributed by atoms with van der Waals surface area (Å²) in [4.78, 5) is 2.39. The number of ether oxygens (including phenoxy) is 1. The standard InChI is InChI=1S/C20H22OSe2/c1-4-13-21-14-20(23-19-11-7-17(3)8-12-19)15-22-18-9-5-16(2)6-10-18/h4-12,15H,1,13-14H2,2-3H3/b20-15+. The van der Waals surface area contributed by atoms with E-state index in [1.165, 1.54) is 24.5 Å². The summed E-state index contributed by atoms with van der Waals surface area (Å²) in [7, 11) is 0. The van der Waals surface area contributed by atoms with Gasteiger partial charge in [-0.05, 0) is 0 Å². The van der Waals surface area contributed by atoms with Gasteiger partial charge in [0.15, 0.2) is 0 Å². The summed E-state index contributed by atoms with van der Waals surface area (Å²) in [6, 6.07) is 17.7. The summed E-state index contributed by atoms with van der Waals surface area (Å²) in [6.45, 7) is 9.28. The molecule has 2 aromatic rings. The summed E-state index contributed by atoms with van der Waals surface area (Å²) in [5.74, 6) is 0. The van der Waals surface area contributed by atoms with Crippen LogP contribution in [0.15, 0.2) is 70.6 Å². The average molecular weight is 436 g/mol. The van der Waals surface area contributed by atoms with Crippen molar-refractivity contribution in [2.45, 2.75) is 13.8 Å². The van der Waals surface area contributed by atoms with Gasteiger partial charge in [0, 0.05) is 0 Å². The Hall–Kier alpha value is -1.08. The van der Waals surface area contributed by atoms with Crippen LogP contribution in [0.2, 0.25) is 0 Å². The summed E-state index contributed by atoms with van der Waals surface area (Å²) in [6.07, 6.45) is 1.81. The van der Waals surface area contributed by atoms with Crippen LogP contribution in [0, 0.1) is 13.8 Å². The number of hydrogen-bond acceptors (Lipinski definition) is 1. The van der Waals surface area contributed by atoms with Gasteiger partial charge in [0.25, 0.3) is 0 Å². The van der Waals surface area contributed by atoms with Gasteiger partial charge < -0.3 is 0 Å². The van der Waals surface area contributed by atoms with Crippen LogP contribution in [0.25, 0.3) is 0 Å². The van der Waals surface area contributed by atoms with Gasteiger partial charge >= 0.3 is 152 Å². The van der Waals surface area contributed by atoms with Gasteiger partial charge in [-0.2, -0.15) is 0 Å². The molecule has 0 aliphatic rings. The average Bonchev–Trinajstić information content (AvgIpc) is 2.56. The molecule has 1 nitrogen and oxygen atoms in total. The van der Waals surface area contributed by atoms with Crippen LogP contribution in [0.3, 0.4) is 0 Å². The Labute approximate surface area is 152 Å². The van der Waals surface area contributed by atoms with E-state index >= 15 is 0 Å². The normalized spacial score (nSPS) is 11.5. The van der Waals surface area contributed by atoms with Crippen LogP contribution >= 0.6 is 0 Å². The molecule has 2 aromatic carbocycles. The molecule has 0 spiro atoms. The SMILES string of the molecule is C=CCOC/C(=C\[Se]c1ccc(C)cc1)[Se]c1ccc(C)cc1. The molecule has 23 heavy (non-hydrogen) atoms. The first-order valence-electron chi connectivity index (χ1n) is 7.53. The maximum absolute atomic E-state index is 5.69. The van der Waals surface area contributed by atoms with Crippen LogP contribution in [-0.4, -0.2) is 43.1 Å². The van der Waals surface area contributed by atoms with Crippen LogP contribution in [-0.2, 0) is 4.74 Å². The molecule has 0 aromatic heterocycles. The molecule has 0 saturated carbocycles. The van der Waals surface area contributed by atoms with Crippen molar-refractivity contribution >= 4 is 38.8 Å². The molecule has 0 amide bonds. The third-order valence-electron chi connectivity index (χ3n) is 3.10. The molecule has 0 bridgehead atoms. The molecule has 0 aliphatic carbocycles. The van der Waals surface area contributed by atoms with E-state index in [9.17, 15) is 0 Å². The van der Waals surface area contributed by atoms with Gasteiger partial charge in [0.1, 0.15) is 0 Å². The monoisotopic (exact) mass is 438 g/mol. The minimum atomic E-state index is 0.321. The first-order valence-corrected chi connectivity index (χ1v) is 11.1. The number of aryl methyl sites for hydroxylation is 2. The Morgan fingerprint density at radius 3 is 2.09 bits per heavy atom. The van der Waals surface area contributed by atoms with Crippen molar-refractivity contribution in [3.63, 3.8) is 0 Å². The number of hydrogen-bond donors (Lipinski definition) is 0. The number of benzene rings is 2. The van der Waals surface area contributed by atoms with Crippen LogP contribution in [0.4, 0.5) is 0 Å². The second-order valence-electron chi connectivity index (χ2n) is 5.23. The van der Waals surface area contributed by atoms with Crippen molar-refractivity contribution in [3.05, 3.63) is 81.8 Å². The molecule has 0 radical (unpaired) electrons. The zero-order valence-corrected chi connectivity index (χ0v) is 17.0. The van der Waals surface area contributed by atoms with E-state index in [1.807, 2.05) is 6.08 Å². The third-order valence-corrected chi connectivity index (χ3v) is 7.95. The second kappa shape index (κ2) is 9.92. The molecule has 120 valence electrons. The van der Waals surface area contributed by atoms with Gasteiger partial charge in [0.2, 0.25) is 0 Å². The Morgan fingerprint density at radius 1 is 0.957 bits per heavy atom. The molecular formula is C20H22OSe2. The number of rotatable bonds is 8. The Kier molecular flexibility index (Phi) is 7.88. The first-order chi connectivity index (χ1) is 11.2. The third kappa shape index (κ3) is 6.91. The predicted octanol–water partition coefficient (Wildman–Crippen LogP) is 2.71. The van der Waals surface area contributed by atoms with Crippen LogP contribution < -0.4 is 8.92 Å². The van der Waals surface area contributed by atoms with Gasteiger partial charge in [-0.25, -0.2) is 0 Å². The van der Waals surface area contributed by atoms with Crippen molar-refractivity contribution in [3.8, 4) is 0 Å². The quantitative estimate of drug-likeness (QED) is 0.352. The fourth-order valence-corrected chi connectivity index (χ4v) is 5.81. The van der Waals surface area contributed by atoms with Crippen molar-refractivity contribution < 1.29 is 4.74 Å². The molecule has 0 heterocycles. The molecule has 0 saturated heterocycles. The van der Waals surface area contributed by atoms with E-state index in [1.54, 1.807) is 0 Å². The van der Waals surface area contributed by atoms with Gasteiger partial charge in [-0.3, -0.25) is 0 Å². The minimum absolute atomic E-state index is 0.321. The fourth-order valence-electron chi connectivity index (χ4n) is 1.84. The molecule has 0 N–H and O–H groups in total.